The van der Waals surface area contributed by atoms with Gasteiger partial charge >= 0.3 is 5.97 Å². The Kier molecular flexibility index (Phi) is 8.65. The van der Waals surface area contributed by atoms with Crippen molar-refractivity contribution in [3.05, 3.63) is 44.7 Å². The fraction of sp³-hybridized carbons (Fsp3) is 0.450. The van der Waals surface area contributed by atoms with Crippen molar-refractivity contribution in [3.8, 4) is 11.1 Å². The molecule has 0 bridgehead atoms. The maximum atomic E-state index is 12.4. The molecule has 7 nitrogen and oxygen atoms in total. The van der Waals surface area contributed by atoms with Crippen molar-refractivity contribution in [3.63, 3.8) is 0 Å². The summed E-state index contributed by atoms with van der Waals surface area (Å²) in [5.74, 6) is -0.461. The van der Waals surface area contributed by atoms with Gasteiger partial charge < -0.3 is 30.4 Å². The van der Waals surface area contributed by atoms with E-state index >= 15 is 0 Å². The number of aromatic nitrogens is 1. The highest BCUT2D eigenvalue weighted by Gasteiger charge is 2.25. The summed E-state index contributed by atoms with van der Waals surface area (Å²) in [5, 5.41) is 32.5. The minimum atomic E-state index is -0.461. The van der Waals surface area contributed by atoms with Crippen molar-refractivity contribution in [1.82, 2.24) is 10.3 Å². The first-order chi connectivity index (χ1) is 13.5. The van der Waals surface area contributed by atoms with Crippen molar-refractivity contribution in [1.29, 1.82) is 0 Å². The highest BCUT2D eigenvalue weighted by Crippen LogP contribution is 2.39. The van der Waals surface area contributed by atoms with Crippen molar-refractivity contribution >= 4 is 21.9 Å². The Morgan fingerprint density at radius 2 is 1.86 bits per heavy atom. The second-order valence-corrected chi connectivity index (χ2v) is 7.08. The van der Waals surface area contributed by atoms with Crippen LogP contribution in [0.1, 0.15) is 53.1 Å². The summed E-state index contributed by atoms with van der Waals surface area (Å²) in [6.07, 6.45) is 0.721. The van der Waals surface area contributed by atoms with E-state index in [9.17, 15) is 20.1 Å². The number of esters is 1. The predicted octanol–water partition coefficient (Wildman–Crippen LogP) is 2.60. The molecule has 0 fully saturated rings. The minimum Gasteiger partial charge on any atom is -0.461 e. The van der Waals surface area contributed by atoms with E-state index in [4.69, 9.17) is 4.74 Å². The third-order valence-electron chi connectivity index (χ3n) is 4.49. The molecule has 0 saturated heterocycles. The second-order valence-electron chi connectivity index (χ2n) is 6.29. The van der Waals surface area contributed by atoms with Crippen LogP contribution in [0.3, 0.4) is 0 Å². The highest BCUT2D eigenvalue weighted by atomic mass is 79.9. The first-order valence-corrected chi connectivity index (χ1v) is 10.1. The Morgan fingerprint density at radius 1 is 1.14 bits per heavy atom. The number of ether oxygens (including phenoxy) is 1. The molecule has 0 spiro atoms. The van der Waals surface area contributed by atoms with Crippen LogP contribution in [0.5, 0.6) is 0 Å². The van der Waals surface area contributed by atoms with Crippen molar-refractivity contribution < 1.29 is 24.9 Å². The lowest BCUT2D eigenvalue weighted by Crippen LogP contribution is -2.13. The Bertz CT molecular complexity index is 819. The number of nitrogens with one attached hydrogen (secondary N) is 2. The fourth-order valence-corrected chi connectivity index (χ4v) is 3.81. The SMILES string of the molecule is CCCOC(=O)c1[nH]c(CNCC)c(-c2ccc(CO)c(CO)c2CO)c1Br. The summed E-state index contributed by atoms with van der Waals surface area (Å²) in [5.41, 5.74) is 4.00. The first-order valence-electron chi connectivity index (χ1n) is 9.28. The number of hydrogen-bond acceptors (Lipinski definition) is 6. The molecule has 5 N–H and O–H groups in total. The summed E-state index contributed by atoms with van der Waals surface area (Å²) < 4.78 is 5.80. The smallest absolute Gasteiger partial charge is 0.355 e. The quantitative estimate of drug-likeness (QED) is 0.352. The molecule has 1 aromatic heterocycles. The van der Waals surface area contributed by atoms with Crippen LogP contribution in [-0.2, 0) is 31.1 Å². The number of aromatic amines is 1. The third-order valence-corrected chi connectivity index (χ3v) is 5.29. The van der Waals surface area contributed by atoms with Gasteiger partial charge in [0.05, 0.1) is 30.9 Å². The van der Waals surface area contributed by atoms with Crippen LogP contribution in [0, 0.1) is 0 Å². The number of rotatable bonds is 10. The normalized spacial score (nSPS) is 11.1. The number of carbonyl (C=O) groups is 1. The molecule has 0 unspecified atom stereocenters. The molecular weight excluding hydrogens is 428 g/mol. The molecule has 28 heavy (non-hydrogen) atoms. The highest BCUT2D eigenvalue weighted by molar-refractivity contribution is 9.10. The largest absolute Gasteiger partial charge is 0.461 e. The van der Waals surface area contributed by atoms with E-state index in [0.29, 0.717) is 51.1 Å². The van der Waals surface area contributed by atoms with E-state index in [0.717, 1.165) is 18.7 Å². The van der Waals surface area contributed by atoms with Crippen molar-refractivity contribution in [2.45, 2.75) is 46.6 Å². The molecule has 0 atom stereocenters. The van der Waals surface area contributed by atoms with Gasteiger partial charge in [0.15, 0.2) is 0 Å². The van der Waals surface area contributed by atoms with Crippen LogP contribution in [0.4, 0.5) is 0 Å². The molecule has 0 saturated carbocycles. The lowest BCUT2D eigenvalue weighted by molar-refractivity contribution is 0.0497. The van der Waals surface area contributed by atoms with Gasteiger partial charge in [0, 0.05) is 17.8 Å². The Morgan fingerprint density at radius 3 is 2.43 bits per heavy atom. The van der Waals surface area contributed by atoms with Crippen molar-refractivity contribution in [2.75, 3.05) is 13.2 Å². The van der Waals surface area contributed by atoms with E-state index in [2.05, 4.69) is 26.2 Å². The molecule has 0 aliphatic rings. The van der Waals surface area contributed by atoms with Gasteiger partial charge in [0.25, 0.3) is 0 Å². The Hall–Kier alpha value is -1.71. The lowest BCUT2D eigenvalue weighted by Gasteiger charge is -2.16. The van der Waals surface area contributed by atoms with Crippen molar-refractivity contribution in [2.24, 2.45) is 0 Å². The van der Waals surface area contributed by atoms with E-state index < -0.39 is 5.97 Å². The van der Waals surface area contributed by atoms with Crippen LogP contribution < -0.4 is 5.32 Å². The van der Waals surface area contributed by atoms with Crippen LogP contribution in [0.2, 0.25) is 0 Å². The van der Waals surface area contributed by atoms with Crippen LogP contribution >= 0.6 is 15.9 Å². The summed E-state index contributed by atoms with van der Waals surface area (Å²) in [6.45, 7) is 4.58. The lowest BCUT2D eigenvalue weighted by atomic mass is 9.92. The average molecular weight is 455 g/mol. The van der Waals surface area contributed by atoms with E-state index in [1.165, 1.54) is 0 Å². The van der Waals surface area contributed by atoms with Gasteiger partial charge in [-0.05, 0) is 51.1 Å². The molecule has 2 aromatic rings. The molecular formula is C20H27BrN2O5. The zero-order chi connectivity index (χ0) is 20.7. The van der Waals surface area contributed by atoms with Crippen LogP contribution in [0.25, 0.3) is 11.1 Å². The summed E-state index contributed by atoms with van der Waals surface area (Å²) >= 11 is 3.52. The van der Waals surface area contributed by atoms with E-state index in [-0.39, 0.29) is 19.8 Å². The fourth-order valence-electron chi connectivity index (χ4n) is 3.10. The Balaban J connectivity index is 2.66. The average Bonchev–Trinajstić information content (AvgIpc) is 3.04. The maximum Gasteiger partial charge on any atom is 0.355 e. The van der Waals surface area contributed by atoms with Gasteiger partial charge in [-0.3, -0.25) is 0 Å². The molecule has 0 radical (unpaired) electrons. The molecule has 154 valence electrons. The van der Waals surface area contributed by atoms with Crippen LogP contribution in [-0.4, -0.2) is 39.4 Å². The zero-order valence-corrected chi connectivity index (χ0v) is 17.7. The number of H-pyrrole nitrogens is 1. The maximum absolute atomic E-state index is 12.4. The molecule has 1 heterocycles. The van der Waals surface area contributed by atoms with E-state index in [1.807, 2.05) is 13.8 Å². The Labute approximate surface area is 172 Å². The molecule has 1 aromatic carbocycles. The number of carbonyl (C=O) groups excluding carboxylic acids is 1. The third kappa shape index (κ3) is 4.64. The van der Waals surface area contributed by atoms with Gasteiger partial charge in [-0.25, -0.2) is 4.79 Å². The monoisotopic (exact) mass is 454 g/mol. The number of hydrogen-bond donors (Lipinski definition) is 5. The molecule has 0 aliphatic heterocycles. The molecule has 0 aliphatic carbocycles. The topological polar surface area (TPSA) is 115 Å². The second kappa shape index (κ2) is 10.7. The van der Waals surface area contributed by atoms with Crippen LogP contribution in [0.15, 0.2) is 16.6 Å². The summed E-state index contributed by atoms with van der Waals surface area (Å²) in [4.78, 5) is 15.6. The van der Waals surface area contributed by atoms with E-state index in [1.54, 1.807) is 12.1 Å². The number of aliphatic hydroxyl groups is 3. The van der Waals surface area contributed by atoms with Gasteiger partial charge in [-0.1, -0.05) is 26.0 Å². The predicted molar refractivity (Wildman–Crippen MR) is 110 cm³/mol. The minimum absolute atomic E-state index is 0.240. The van der Waals surface area contributed by atoms with Gasteiger partial charge in [0.1, 0.15) is 5.69 Å². The van der Waals surface area contributed by atoms with Gasteiger partial charge in [-0.15, -0.1) is 0 Å². The number of benzene rings is 1. The summed E-state index contributed by atoms with van der Waals surface area (Å²) in [7, 11) is 0. The zero-order valence-electron chi connectivity index (χ0n) is 16.1. The standard InChI is InChI=1S/C20H27BrN2O5/c1-3-7-28-20(27)19-18(21)17(16(23-19)8-22-4-2)13-6-5-12(9-24)14(10-25)15(13)11-26/h5-6,22-26H,3-4,7-11H2,1-2H3. The number of halogens is 1. The van der Waals surface area contributed by atoms with Gasteiger partial charge in [-0.2, -0.15) is 0 Å². The van der Waals surface area contributed by atoms with Gasteiger partial charge in [0.2, 0.25) is 0 Å². The molecule has 2 rings (SSSR count). The molecule has 8 heteroatoms. The number of aliphatic hydroxyl groups excluding tert-OH is 3. The summed E-state index contributed by atoms with van der Waals surface area (Å²) in [6, 6.07) is 3.49. The molecule has 0 amide bonds. The first kappa shape index (κ1) is 22.6.